The van der Waals surface area contributed by atoms with Gasteiger partial charge in [0.25, 0.3) is 0 Å². The van der Waals surface area contributed by atoms with Crippen LogP contribution in [-0.2, 0) is 6.54 Å². The predicted octanol–water partition coefficient (Wildman–Crippen LogP) is 1.48. The Hall–Kier alpha value is -1.59. The lowest BCUT2D eigenvalue weighted by Gasteiger charge is -2.15. The largest absolute Gasteiger partial charge is 0.316 e. The molecule has 0 spiro atoms. The number of rotatable bonds is 3. The van der Waals surface area contributed by atoms with Gasteiger partial charge in [0, 0.05) is 18.1 Å². The maximum absolute atomic E-state index is 11.4. The summed E-state index contributed by atoms with van der Waals surface area (Å²) in [5, 5.41) is 0.518. The molecule has 1 aromatic carbocycles. The minimum absolute atomic E-state index is 0.518. The predicted molar refractivity (Wildman–Crippen MR) is 71.6 cm³/mol. The number of H-pyrrole nitrogens is 2. The highest BCUT2D eigenvalue weighted by Crippen LogP contribution is 2.20. The Morgan fingerprint density at radius 3 is 2.61 bits per heavy atom. The fraction of sp³-hybridized carbons (Fsp3) is 0.250. The molecular formula is C12H13ClN3O2. The Balaban J connectivity index is 2.68. The minimum Gasteiger partial charge on any atom is -0.316 e. The fourth-order valence-corrected chi connectivity index (χ4v) is 1.98. The van der Waals surface area contributed by atoms with Crippen LogP contribution in [0.15, 0.2) is 21.7 Å². The molecule has 0 saturated carbocycles. The number of aromatic nitrogens is 2. The molecule has 0 unspecified atom stereocenters. The average Bonchev–Trinajstić information content (AvgIpc) is 2.31. The molecule has 0 fully saturated rings. The van der Waals surface area contributed by atoms with Crippen molar-refractivity contribution in [2.45, 2.75) is 13.5 Å². The maximum atomic E-state index is 11.4. The van der Waals surface area contributed by atoms with Crippen molar-refractivity contribution in [3.05, 3.63) is 50.0 Å². The fourth-order valence-electron chi connectivity index (χ4n) is 1.74. The molecule has 0 aliphatic rings. The lowest BCUT2D eigenvalue weighted by atomic mass is 10.1. The topological polar surface area (TPSA) is 69.0 Å². The van der Waals surface area contributed by atoms with Crippen LogP contribution in [0.2, 0.25) is 5.02 Å². The molecule has 1 aromatic heterocycles. The van der Waals surface area contributed by atoms with Crippen LogP contribution in [0.5, 0.6) is 0 Å². The summed E-state index contributed by atoms with van der Waals surface area (Å²) in [6.45, 7) is 4.42. The SMILES string of the molecule is C[CH]N(C)Cc1cc(Cl)cc2[nH]c(=O)c(=O)[nH]c12. The molecule has 0 bridgehead atoms. The van der Waals surface area contributed by atoms with Crippen LogP contribution in [0.4, 0.5) is 0 Å². The Bertz CT molecular complexity index is 690. The molecule has 6 heteroatoms. The highest BCUT2D eigenvalue weighted by atomic mass is 35.5. The first-order valence-corrected chi connectivity index (χ1v) is 5.83. The third kappa shape index (κ3) is 2.47. The number of nitrogens with zero attached hydrogens (tertiary/aromatic N) is 1. The Kier molecular flexibility index (Phi) is 3.54. The van der Waals surface area contributed by atoms with Crippen molar-refractivity contribution in [1.82, 2.24) is 14.9 Å². The van der Waals surface area contributed by atoms with Gasteiger partial charge in [0.1, 0.15) is 0 Å². The van der Waals surface area contributed by atoms with Gasteiger partial charge >= 0.3 is 11.1 Å². The van der Waals surface area contributed by atoms with Crippen molar-refractivity contribution in [2.24, 2.45) is 0 Å². The van der Waals surface area contributed by atoms with Crippen LogP contribution in [0.3, 0.4) is 0 Å². The van der Waals surface area contributed by atoms with Crippen molar-refractivity contribution >= 4 is 22.6 Å². The van der Waals surface area contributed by atoms with E-state index >= 15 is 0 Å². The third-order valence-electron chi connectivity index (χ3n) is 2.74. The highest BCUT2D eigenvalue weighted by molar-refractivity contribution is 6.31. The first kappa shape index (κ1) is 12.9. The normalized spacial score (nSPS) is 11.3. The van der Waals surface area contributed by atoms with Gasteiger partial charge in [0.15, 0.2) is 0 Å². The summed E-state index contributed by atoms with van der Waals surface area (Å²) in [6.07, 6.45) is 0. The lowest BCUT2D eigenvalue weighted by Crippen LogP contribution is -2.29. The number of hydrogen-bond donors (Lipinski definition) is 2. The summed E-state index contributed by atoms with van der Waals surface area (Å²) >= 11 is 6.00. The van der Waals surface area contributed by atoms with Crippen molar-refractivity contribution in [3.63, 3.8) is 0 Å². The van der Waals surface area contributed by atoms with Crippen molar-refractivity contribution in [3.8, 4) is 0 Å². The molecule has 0 amide bonds. The van der Waals surface area contributed by atoms with Crippen LogP contribution in [0.25, 0.3) is 11.0 Å². The first-order valence-electron chi connectivity index (χ1n) is 5.45. The van der Waals surface area contributed by atoms with E-state index in [1.807, 2.05) is 25.4 Å². The molecule has 5 nitrogen and oxygen atoms in total. The molecule has 95 valence electrons. The van der Waals surface area contributed by atoms with Gasteiger partial charge in [0.2, 0.25) is 0 Å². The first-order chi connectivity index (χ1) is 8.51. The van der Waals surface area contributed by atoms with E-state index in [4.69, 9.17) is 11.6 Å². The lowest BCUT2D eigenvalue weighted by molar-refractivity contribution is 0.405. The molecule has 0 aliphatic heterocycles. The number of nitrogens with one attached hydrogen (secondary N) is 2. The molecule has 2 aromatic rings. The number of benzene rings is 1. The zero-order valence-electron chi connectivity index (χ0n) is 10.1. The molecule has 1 radical (unpaired) electrons. The van der Waals surface area contributed by atoms with Crippen LogP contribution >= 0.6 is 11.6 Å². The van der Waals surface area contributed by atoms with Gasteiger partial charge in [-0.25, -0.2) is 0 Å². The van der Waals surface area contributed by atoms with Gasteiger partial charge < -0.3 is 9.97 Å². The van der Waals surface area contributed by atoms with E-state index in [0.717, 1.165) is 5.56 Å². The monoisotopic (exact) mass is 266 g/mol. The highest BCUT2D eigenvalue weighted by Gasteiger charge is 2.08. The zero-order chi connectivity index (χ0) is 13.3. The Labute approximate surface area is 108 Å². The van der Waals surface area contributed by atoms with Crippen molar-refractivity contribution in [2.75, 3.05) is 7.05 Å². The number of hydrogen-bond acceptors (Lipinski definition) is 3. The second-order valence-electron chi connectivity index (χ2n) is 4.07. The summed E-state index contributed by atoms with van der Waals surface area (Å²) in [5.74, 6) is 0. The second kappa shape index (κ2) is 4.96. The van der Waals surface area contributed by atoms with Gasteiger partial charge in [-0.3, -0.25) is 14.5 Å². The average molecular weight is 267 g/mol. The summed E-state index contributed by atoms with van der Waals surface area (Å²) in [4.78, 5) is 29.7. The summed E-state index contributed by atoms with van der Waals surface area (Å²) in [5.41, 5.74) is 0.663. The molecule has 0 saturated heterocycles. The standard InChI is InChI=1S/C12H13ClN3O2/c1-3-16(2)6-7-4-8(13)5-9-10(7)15-12(18)11(17)14-9/h3-5H,6H2,1-2H3,(H,14,17)(H,15,18). The van der Waals surface area contributed by atoms with Gasteiger partial charge in [0.05, 0.1) is 11.0 Å². The molecule has 1 heterocycles. The van der Waals surface area contributed by atoms with Gasteiger partial charge in [-0.2, -0.15) is 0 Å². The van der Waals surface area contributed by atoms with E-state index in [1.54, 1.807) is 12.1 Å². The van der Waals surface area contributed by atoms with Gasteiger partial charge in [-0.15, -0.1) is 0 Å². The zero-order valence-corrected chi connectivity index (χ0v) is 10.8. The van der Waals surface area contributed by atoms with E-state index in [-0.39, 0.29) is 0 Å². The summed E-state index contributed by atoms with van der Waals surface area (Å²) < 4.78 is 0. The van der Waals surface area contributed by atoms with Crippen LogP contribution < -0.4 is 11.1 Å². The molecule has 18 heavy (non-hydrogen) atoms. The second-order valence-corrected chi connectivity index (χ2v) is 4.51. The van der Waals surface area contributed by atoms with Crippen LogP contribution in [-0.4, -0.2) is 21.9 Å². The molecule has 0 aliphatic carbocycles. The molecular weight excluding hydrogens is 254 g/mol. The van der Waals surface area contributed by atoms with E-state index in [0.29, 0.717) is 22.6 Å². The summed E-state index contributed by atoms with van der Waals surface area (Å²) in [7, 11) is 1.91. The Morgan fingerprint density at radius 2 is 1.94 bits per heavy atom. The van der Waals surface area contributed by atoms with Crippen molar-refractivity contribution in [1.29, 1.82) is 0 Å². The van der Waals surface area contributed by atoms with E-state index < -0.39 is 11.1 Å². The third-order valence-corrected chi connectivity index (χ3v) is 2.96. The van der Waals surface area contributed by atoms with E-state index in [9.17, 15) is 9.59 Å². The summed E-state index contributed by atoms with van der Waals surface area (Å²) in [6, 6.07) is 3.39. The molecule has 2 N–H and O–H groups in total. The number of fused-ring (bicyclic) bond motifs is 1. The smallest absolute Gasteiger partial charge is 0.314 e. The number of halogens is 1. The maximum Gasteiger partial charge on any atom is 0.314 e. The van der Waals surface area contributed by atoms with E-state index in [1.165, 1.54) is 0 Å². The van der Waals surface area contributed by atoms with E-state index in [2.05, 4.69) is 9.97 Å². The van der Waals surface area contributed by atoms with Gasteiger partial charge in [-0.1, -0.05) is 11.6 Å². The molecule has 2 rings (SSSR count). The number of aromatic amines is 2. The quantitative estimate of drug-likeness (QED) is 0.827. The van der Waals surface area contributed by atoms with Gasteiger partial charge in [-0.05, 0) is 31.7 Å². The van der Waals surface area contributed by atoms with Crippen LogP contribution in [0.1, 0.15) is 12.5 Å². The minimum atomic E-state index is -0.675. The van der Waals surface area contributed by atoms with Crippen LogP contribution in [0, 0.1) is 6.54 Å². The Morgan fingerprint density at radius 1 is 1.28 bits per heavy atom. The van der Waals surface area contributed by atoms with Crippen molar-refractivity contribution < 1.29 is 0 Å². The molecule has 0 atom stereocenters.